The van der Waals surface area contributed by atoms with E-state index in [1.54, 1.807) is 10.8 Å². The molecule has 0 saturated carbocycles. The summed E-state index contributed by atoms with van der Waals surface area (Å²) in [5.74, 6) is -0.578. The Morgan fingerprint density at radius 1 is 1.43 bits per heavy atom. The van der Waals surface area contributed by atoms with E-state index >= 15 is 0 Å². The lowest BCUT2D eigenvalue weighted by molar-refractivity contribution is 0.0593. The van der Waals surface area contributed by atoms with Crippen molar-refractivity contribution in [3.05, 3.63) is 45.2 Å². The zero-order chi connectivity index (χ0) is 15.7. The number of hydrogen-bond acceptors (Lipinski definition) is 4. The quantitative estimate of drug-likeness (QED) is 0.846. The molecule has 0 unspecified atom stereocenters. The minimum Gasteiger partial charge on any atom is -0.464 e. The molecule has 0 radical (unpaired) electrons. The first-order valence-corrected chi connectivity index (χ1v) is 6.96. The van der Waals surface area contributed by atoms with Gasteiger partial charge in [-0.15, -0.1) is 0 Å². The number of halogens is 1. The van der Waals surface area contributed by atoms with E-state index in [1.165, 1.54) is 7.11 Å². The molecule has 108 valence electrons. The van der Waals surface area contributed by atoms with Crippen molar-refractivity contribution in [1.29, 1.82) is 5.26 Å². The number of rotatable bonds is 2. The van der Waals surface area contributed by atoms with Gasteiger partial charge < -0.3 is 15.0 Å². The number of aryl methyl sites for hydroxylation is 1. The number of hydrogen-bond donors (Lipinski definition) is 1. The number of aromatic nitrogens is 1. The Morgan fingerprint density at radius 3 is 2.67 bits per heavy atom. The van der Waals surface area contributed by atoms with Gasteiger partial charge in [0.1, 0.15) is 6.07 Å². The number of nitrogens with two attached hydrogens (primary N) is 1. The van der Waals surface area contributed by atoms with Gasteiger partial charge in [0.25, 0.3) is 0 Å². The number of nitriles is 1. The molecule has 1 heterocycles. The number of ether oxygens (including phenoxy) is 1. The van der Waals surface area contributed by atoms with Crippen LogP contribution in [0.25, 0.3) is 5.69 Å². The lowest BCUT2D eigenvalue weighted by Gasteiger charge is -2.14. The molecule has 5 nitrogen and oxygen atoms in total. The fraction of sp³-hybridized carbons (Fsp3) is 0.200. The van der Waals surface area contributed by atoms with E-state index in [0.29, 0.717) is 0 Å². The maximum absolute atomic E-state index is 12.0. The molecule has 2 rings (SSSR count). The number of carbonyl (C=O) groups is 1. The van der Waals surface area contributed by atoms with Crippen molar-refractivity contribution in [3.8, 4) is 11.8 Å². The van der Waals surface area contributed by atoms with Crippen molar-refractivity contribution >= 4 is 27.6 Å². The number of nitrogens with zero attached hydrogens (tertiary/aromatic N) is 2. The van der Waals surface area contributed by atoms with Crippen LogP contribution in [0.1, 0.15) is 27.2 Å². The second-order valence-corrected chi connectivity index (χ2v) is 5.56. The maximum Gasteiger partial charge on any atom is 0.357 e. The molecular weight excluding hydrogens is 334 g/mol. The summed E-state index contributed by atoms with van der Waals surface area (Å²) in [6.07, 6.45) is 1.55. The number of carbonyl (C=O) groups excluding carboxylic acids is 1. The average molecular weight is 348 g/mol. The van der Waals surface area contributed by atoms with Gasteiger partial charge in [-0.25, -0.2) is 4.79 Å². The number of benzene rings is 1. The summed E-state index contributed by atoms with van der Waals surface area (Å²) in [6.45, 7) is 3.92. The van der Waals surface area contributed by atoms with E-state index in [1.807, 2.05) is 32.0 Å². The molecule has 0 amide bonds. The molecule has 0 bridgehead atoms. The lowest BCUT2D eigenvalue weighted by atomic mass is 10.1. The van der Waals surface area contributed by atoms with Crippen molar-refractivity contribution in [3.63, 3.8) is 0 Å². The van der Waals surface area contributed by atoms with Gasteiger partial charge in [0.15, 0.2) is 5.69 Å². The molecule has 0 aliphatic heterocycles. The molecule has 0 saturated heterocycles. The van der Waals surface area contributed by atoms with Gasteiger partial charge in [0.05, 0.1) is 24.0 Å². The Hall–Kier alpha value is -2.26. The van der Waals surface area contributed by atoms with Gasteiger partial charge in [-0.2, -0.15) is 5.26 Å². The Balaban J connectivity index is 2.82. The van der Waals surface area contributed by atoms with E-state index in [4.69, 9.17) is 15.7 Å². The molecule has 0 spiro atoms. The van der Waals surface area contributed by atoms with Crippen molar-refractivity contribution in [2.75, 3.05) is 12.8 Å². The predicted molar refractivity (Wildman–Crippen MR) is 83.4 cm³/mol. The van der Waals surface area contributed by atoms with Crippen molar-refractivity contribution in [2.45, 2.75) is 13.8 Å². The number of anilines is 1. The number of nitrogen functional groups attached to an aromatic ring is 1. The van der Waals surface area contributed by atoms with E-state index in [2.05, 4.69) is 15.9 Å². The molecule has 21 heavy (non-hydrogen) atoms. The number of methoxy groups -OCH3 is 1. The predicted octanol–water partition coefficient (Wildman–Crippen LogP) is 3.10. The van der Waals surface area contributed by atoms with Crippen LogP contribution in [0.4, 0.5) is 5.69 Å². The summed E-state index contributed by atoms with van der Waals surface area (Å²) in [5, 5.41) is 9.13. The van der Waals surface area contributed by atoms with E-state index < -0.39 is 5.97 Å². The Morgan fingerprint density at radius 2 is 2.10 bits per heavy atom. The van der Waals surface area contributed by atoms with Gasteiger partial charge in [0.2, 0.25) is 0 Å². The summed E-state index contributed by atoms with van der Waals surface area (Å²) in [4.78, 5) is 12.0. The maximum atomic E-state index is 12.0. The van der Waals surface area contributed by atoms with Gasteiger partial charge in [-0.1, -0.05) is 15.9 Å². The molecule has 0 aliphatic carbocycles. The summed E-state index contributed by atoms with van der Waals surface area (Å²) >= 11 is 3.44. The SMILES string of the molecule is COC(=O)c1c(N)c(C#N)cn1-c1cc(Br)cc(C)c1C. The molecule has 0 fully saturated rings. The van der Waals surface area contributed by atoms with Crippen molar-refractivity contribution in [2.24, 2.45) is 0 Å². The third kappa shape index (κ3) is 2.52. The summed E-state index contributed by atoms with van der Waals surface area (Å²) < 4.78 is 7.26. The first-order chi connectivity index (χ1) is 9.90. The molecule has 1 aromatic carbocycles. The van der Waals surface area contributed by atoms with Crippen LogP contribution in [0.15, 0.2) is 22.8 Å². The second-order valence-electron chi connectivity index (χ2n) is 4.65. The van der Waals surface area contributed by atoms with Gasteiger partial charge in [0, 0.05) is 10.7 Å². The minimum atomic E-state index is -0.578. The van der Waals surface area contributed by atoms with E-state index in [9.17, 15) is 4.79 Å². The minimum absolute atomic E-state index is 0.126. The Labute approximate surface area is 131 Å². The molecular formula is C15H14BrN3O2. The van der Waals surface area contributed by atoms with E-state index in [0.717, 1.165) is 21.3 Å². The van der Waals surface area contributed by atoms with Crippen LogP contribution in [0.3, 0.4) is 0 Å². The van der Waals surface area contributed by atoms with Crippen LogP contribution in [-0.4, -0.2) is 17.6 Å². The van der Waals surface area contributed by atoms with Crippen LogP contribution < -0.4 is 5.73 Å². The number of esters is 1. The van der Waals surface area contributed by atoms with Crippen LogP contribution in [-0.2, 0) is 4.74 Å². The first-order valence-electron chi connectivity index (χ1n) is 6.17. The monoisotopic (exact) mass is 347 g/mol. The fourth-order valence-corrected chi connectivity index (χ4v) is 2.71. The summed E-state index contributed by atoms with van der Waals surface area (Å²) in [7, 11) is 1.28. The third-order valence-corrected chi connectivity index (χ3v) is 3.87. The first kappa shape index (κ1) is 15.1. The highest BCUT2D eigenvalue weighted by Crippen LogP contribution is 2.29. The highest BCUT2D eigenvalue weighted by Gasteiger charge is 2.22. The zero-order valence-electron chi connectivity index (χ0n) is 11.9. The van der Waals surface area contributed by atoms with Crippen LogP contribution >= 0.6 is 15.9 Å². The average Bonchev–Trinajstić information content (AvgIpc) is 2.78. The van der Waals surface area contributed by atoms with Crippen LogP contribution in [0.5, 0.6) is 0 Å². The fourth-order valence-electron chi connectivity index (χ4n) is 2.15. The topological polar surface area (TPSA) is 81.0 Å². The molecule has 1 aromatic heterocycles. The molecule has 2 N–H and O–H groups in total. The highest BCUT2D eigenvalue weighted by atomic mass is 79.9. The van der Waals surface area contributed by atoms with E-state index in [-0.39, 0.29) is 16.9 Å². The standard InChI is InChI=1S/C15H14BrN3O2/c1-8-4-11(16)5-12(9(8)2)19-7-10(6-17)13(18)14(19)15(20)21-3/h4-5,7H,18H2,1-3H3. The molecule has 2 aromatic rings. The largest absolute Gasteiger partial charge is 0.464 e. The van der Waals surface area contributed by atoms with Crippen LogP contribution in [0, 0.1) is 25.2 Å². The molecule has 0 atom stereocenters. The lowest BCUT2D eigenvalue weighted by Crippen LogP contribution is -2.12. The molecule has 6 heteroatoms. The Kier molecular flexibility index (Phi) is 4.05. The highest BCUT2D eigenvalue weighted by molar-refractivity contribution is 9.10. The van der Waals surface area contributed by atoms with Crippen molar-refractivity contribution in [1.82, 2.24) is 4.57 Å². The molecule has 0 aliphatic rings. The Bertz CT molecular complexity index is 772. The van der Waals surface area contributed by atoms with Crippen LogP contribution in [0.2, 0.25) is 0 Å². The summed E-state index contributed by atoms with van der Waals surface area (Å²) in [6, 6.07) is 5.84. The van der Waals surface area contributed by atoms with Crippen molar-refractivity contribution < 1.29 is 9.53 Å². The van der Waals surface area contributed by atoms with Gasteiger partial charge in [-0.05, 0) is 37.1 Å². The normalized spacial score (nSPS) is 10.2. The second kappa shape index (κ2) is 5.62. The van der Waals surface area contributed by atoms with Gasteiger partial charge >= 0.3 is 5.97 Å². The third-order valence-electron chi connectivity index (χ3n) is 3.41. The van der Waals surface area contributed by atoms with Gasteiger partial charge in [-0.3, -0.25) is 0 Å². The smallest absolute Gasteiger partial charge is 0.357 e. The summed E-state index contributed by atoms with van der Waals surface area (Å²) in [5.41, 5.74) is 9.25. The zero-order valence-corrected chi connectivity index (χ0v) is 13.5.